The van der Waals surface area contributed by atoms with Crippen molar-refractivity contribution in [1.29, 1.82) is 0 Å². The number of rotatable bonds is 7. The van der Waals surface area contributed by atoms with Crippen LogP contribution in [0, 0.1) is 0 Å². The standard InChI is InChI=1S/C16H18N2O3S/c1-12(16(20)21)18(9-13-5-3-2-4-6-13)15(19)8-7-14-10-22-11-17-14/h2-6,10-12H,7-9H2,1H3,(H,20,21). The van der Waals surface area contributed by atoms with Gasteiger partial charge in [0.2, 0.25) is 5.91 Å². The van der Waals surface area contributed by atoms with Crippen LogP contribution in [-0.4, -0.2) is 32.9 Å². The number of carbonyl (C=O) groups excluding carboxylic acids is 1. The Balaban J connectivity index is 2.06. The lowest BCUT2D eigenvalue weighted by molar-refractivity contribution is -0.150. The van der Waals surface area contributed by atoms with Crippen LogP contribution in [-0.2, 0) is 22.6 Å². The van der Waals surface area contributed by atoms with Crippen molar-refractivity contribution in [3.05, 3.63) is 52.5 Å². The fourth-order valence-electron chi connectivity index (χ4n) is 2.09. The average Bonchev–Trinajstić information content (AvgIpc) is 3.04. The van der Waals surface area contributed by atoms with Crippen molar-refractivity contribution in [2.45, 2.75) is 32.4 Å². The number of amides is 1. The minimum absolute atomic E-state index is 0.174. The van der Waals surface area contributed by atoms with Gasteiger partial charge in [-0.05, 0) is 18.9 Å². The lowest BCUT2D eigenvalue weighted by atomic mass is 10.1. The second kappa shape index (κ2) is 7.70. The summed E-state index contributed by atoms with van der Waals surface area (Å²) in [4.78, 5) is 29.2. The first-order valence-corrected chi connectivity index (χ1v) is 7.95. The summed E-state index contributed by atoms with van der Waals surface area (Å²) in [5.74, 6) is -1.18. The molecule has 1 amide bonds. The van der Waals surface area contributed by atoms with Gasteiger partial charge in [0.1, 0.15) is 6.04 Å². The molecule has 1 aromatic heterocycles. The average molecular weight is 318 g/mol. The highest BCUT2D eigenvalue weighted by Crippen LogP contribution is 2.12. The Morgan fingerprint density at radius 2 is 2.05 bits per heavy atom. The van der Waals surface area contributed by atoms with Crippen molar-refractivity contribution >= 4 is 23.2 Å². The zero-order valence-electron chi connectivity index (χ0n) is 12.3. The van der Waals surface area contributed by atoms with Crippen LogP contribution in [0.15, 0.2) is 41.2 Å². The van der Waals surface area contributed by atoms with Gasteiger partial charge in [-0.15, -0.1) is 11.3 Å². The van der Waals surface area contributed by atoms with E-state index in [1.54, 1.807) is 5.51 Å². The lowest BCUT2D eigenvalue weighted by Gasteiger charge is -2.26. The van der Waals surface area contributed by atoms with E-state index >= 15 is 0 Å². The molecule has 0 radical (unpaired) electrons. The van der Waals surface area contributed by atoms with Gasteiger partial charge in [0.25, 0.3) is 0 Å². The highest BCUT2D eigenvalue weighted by atomic mass is 32.1. The van der Waals surface area contributed by atoms with E-state index in [0.29, 0.717) is 13.0 Å². The number of aromatic nitrogens is 1. The highest BCUT2D eigenvalue weighted by Gasteiger charge is 2.25. The van der Waals surface area contributed by atoms with Crippen molar-refractivity contribution < 1.29 is 14.7 Å². The Morgan fingerprint density at radius 3 is 2.64 bits per heavy atom. The zero-order valence-corrected chi connectivity index (χ0v) is 13.1. The second-order valence-corrected chi connectivity index (χ2v) is 5.72. The summed E-state index contributed by atoms with van der Waals surface area (Å²) in [7, 11) is 0. The molecule has 1 unspecified atom stereocenters. The SMILES string of the molecule is CC(C(=O)O)N(Cc1ccccc1)C(=O)CCc1cscn1. The van der Waals surface area contributed by atoms with Gasteiger partial charge >= 0.3 is 5.97 Å². The summed E-state index contributed by atoms with van der Waals surface area (Å²) in [6.07, 6.45) is 0.786. The molecule has 2 rings (SSSR count). The number of nitrogens with zero attached hydrogens (tertiary/aromatic N) is 2. The first-order valence-electron chi connectivity index (χ1n) is 7.01. The molecule has 0 bridgehead atoms. The smallest absolute Gasteiger partial charge is 0.326 e. The van der Waals surface area contributed by atoms with Crippen molar-refractivity contribution in [2.75, 3.05) is 0 Å². The number of carboxylic acids is 1. The minimum atomic E-state index is -1.00. The zero-order chi connectivity index (χ0) is 15.9. The molecule has 0 aliphatic rings. The first kappa shape index (κ1) is 16.2. The predicted molar refractivity (Wildman–Crippen MR) is 84.5 cm³/mol. The number of aryl methyl sites for hydroxylation is 1. The van der Waals surface area contributed by atoms with Crippen LogP contribution in [0.1, 0.15) is 24.6 Å². The molecule has 5 nitrogen and oxygen atoms in total. The van der Waals surface area contributed by atoms with Crippen LogP contribution >= 0.6 is 11.3 Å². The third-order valence-corrected chi connectivity index (χ3v) is 4.05. The summed E-state index contributed by atoms with van der Waals surface area (Å²) in [6.45, 7) is 1.83. The van der Waals surface area contributed by atoms with Gasteiger partial charge in [-0.1, -0.05) is 30.3 Å². The molecule has 116 valence electrons. The monoisotopic (exact) mass is 318 g/mol. The van der Waals surface area contributed by atoms with Crippen molar-refractivity contribution in [2.24, 2.45) is 0 Å². The molecule has 2 aromatic rings. The molecule has 1 atom stereocenters. The predicted octanol–water partition coefficient (Wildman–Crippen LogP) is 2.58. The number of hydrogen-bond donors (Lipinski definition) is 1. The molecule has 6 heteroatoms. The Kier molecular flexibility index (Phi) is 5.66. The third-order valence-electron chi connectivity index (χ3n) is 3.42. The normalized spacial score (nSPS) is 11.9. The Bertz CT molecular complexity index is 614. The van der Waals surface area contributed by atoms with Gasteiger partial charge in [0, 0.05) is 18.3 Å². The van der Waals surface area contributed by atoms with E-state index in [0.717, 1.165) is 11.3 Å². The van der Waals surface area contributed by atoms with Crippen LogP contribution in [0.5, 0.6) is 0 Å². The fourth-order valence-corrected chi connectivity index (χ4v) is 2.69. The van der Waals surface area contributed by atoms with Gasteiger partial charge in [0.05, 0.1) is 11.2 Å². The quantitative estimate of drug-likeness (QED) is 0.852. The minimum Gasteiger partial charge on any atom is -0.480 e. The molecule has 1 aromatic carbocycles. The summed E-state index contributed by atoms with van der Waals surface area (Å²) in [5, 5.41) is 11.1. The van der Waals surface area contributed by atoms with E-state index < -0.39 is 12.0 Å². The van der Waals surface area contributed by atoms with Crippen LogP contribution in [0.4, 0.5) is 0 Å². The molecule has 0 fully saturated rings. The van der Waals surface area contributed by atoms with Gasteiger partial charge in [-0.25, -0.2) is 9.78 Å². The first-order chi connectivity index (χ1) is 10.6. The van der Waals surface area contributed by atoms with Crippen molar-refractivity contribution in [1.82, 2.24) is 9.88 Å². The van der Waals surface area contributed by atoms with E-state index in [1.807, 2.05) is 35.7 Å². The molecule has 0 aliphatic heterocycles. The van der Waals surface area contributed by atoms with Crippen LogP contribution in [0.3, 0.4) is 0 Å². The number of thiazole rings is 1. The summed E-state index contributed by atoms with van der Waals surface area (Å²) in [5.41, 5.74) is 3.50. The maximum Gasteiger partial charge on any atom is 0.326 e. The van der Waals surface area contributed by atoms with Gasteiger partial charge < -0.3 is 10.0 Å². The van der Waals surface area contributed by atoms with Crippen LogP contribution < -0.4 is 0 Å². The molecular weight excluding hydrogens is 300 g/mol. The third kappa shape index (κ3) is 4.39. The number of carboxylic acid groups (broad SMARTS) is 1. The van der Waals surface area contributed by atoms with E-state index in [4.69, 9.17) is 0 Å². The molecule has 1 heterocycles. The molecule has 0 aliphatic carbocycles. The topological polar surface area (TPSA) is 70.5 Å². The number of carbonyl (C=O) groups is 2. The second-order valence-electron chi connectivity index (χ2n) is 5.00. The number of hydrogen-bond acceptors (Lipinski definition) is 4. The van der Waals surface area contributed by atoms with E-state index in [9.17, 15) is 14.7 Å². The van der Waals surface area contributed by atoms with Gasteiger partial charge in [0.15, 0.2) is 0 Å². The number of aliphatic carboxylic acids is 1. The fraction of sp³-hybridized carbons (Fsp3) is 0.312. The molecule has 0 saturated carbocycles. The maximum absolute atomic E-state index is 12.4. The maximum atomic E-state index is 12.4. The molecule has 0 saturated heterocycles. The summed E-state index contributed by atoms with van der Waals surface area (Å²) < 4.78 is 0. The summed E-state index contributed by atoms with van der Waals surface area (Å²) >= 11 is 1.48. The highest BCUT2D eigenvalue weighted by molar-refractivity contribution is 7.07. The van der Waals surface area contributed by atoms with Crippen molar-refractivity contribution in [3.8, 4) is 0 Å². The van der Waals surface area contributed by atoms with Crippen molar-refractivity contribution in [3.63, 3.8) is 0 Å². The van der Waals surface area contributed by atoms with Gasteiger partial charge in [-0.2, -0.15) is 0 Å². The van der Waals surface area contributed by atoms with Crippen LogP contribution in [0.2, 0.25) is 0 Å². The molecule has 22 heavy (non-hydrogen) atoms. The largest absolute Gasteiger partial charge is 0.480 e. The Morgan fingerprint density at radius 1 is 1.32 bits per heavy atom. The van der Waals surface area contributed by atoms with Gasteiger partial charge in [-0.3, -0.25) is 4.79 Å². The molecular formula is C16H18N2O3S. The molecule has 1 N–H and O–H groups in total. The summed E-state index contributed by atoms with van der Waals surface area (Å²) in [6, 6.07) is 8.55. The number of benzene rings is 1. The lowest BCUT2D eigenvalue weighted by Crippen LogP contribution is -2.42. The van der Waals surface area contributed by atoms with E-state index in [-0.39, 0.29) is 12.3 Å². The Hall–Kier alpha value is -2.21. The van der Waals surface area contributed by atoms with E-state index in [2.05, 4.69) is 4.98 Å². The molecule has 0 spiro atoms. The van der Waals surface area contributed by atoms with E-state index in [1.165, 1.54) is 23.2 Å². The van der Waals surface area contributed by atoms with Crippen LogP contribution in [0.25, 0.3) is 0 Å². The Labute approximate surface area is 133 Å².